The van der Waals surface area contributed by atoms with Crippen LogP contribution < -0.4 is 4.74 Å². The molecule has 0 saturated heterocycles. The molecule has 0 bridgehead atoms. The summed E-state index contributed by atoms with van der Waals surface area (Å²) in [6.07, 6.45) is 3.39. The van der Waals surface area contributed by atoms with E-state index in [1.807, 2.05) is 31.2 Å². The first-order valence-electron chi connectivity index (χ1n) is 6.04. The number of benzene rings is 2. The Morgan fingerprint density at radius 1 is 1.21 bits per heavy atom. The lowest BCUT2D eigenvalue weighted by Crippen LogP contribution is -1.93. The number of allylic oxidation sites excluding steroid dienone is 1. The van der Waals surface area contributed by atoms with Gasteiger partial charge < -0.3 is 4.74 Å². The first kappa shape index (κ1) is 13.1. The molecule has 2 rings (SSSR count). The van der Waals surface area contributed by atoms with E-state index in [1.54, 1.807) is 37.5 Å². The van der Waals surface area contributed by atoms with Gasteiger partial charge in [0, 0.05) is 5.56 Å². The molecule has 0 N–H and O–H groups in total. The first-order valence-corrected chi connectivity index (χ1v) is 6.04. The third-order valence-electron chi connectivity index (χ3n) is 2.85. The van der Waals surface area contributed by atoms with E-state index in [-0.39, 0.29) is 5.78 Å². The number of carbonyl (C=O) groups excluding carboxylic acids is 1. The van der Waals surface area contributed by atoms with Crippen molar-refractivity contribution >= 4 is 11.9 Å². The van der Waals surface area contributed by atoms with Gasteiger partial charge in [-0.1, -0.05) is 36.4 Å². The van der Waals surface area contributed by atoms with Crippen LogP contribution in [0, 0.1) is 13.0 Å². The molecule has 2 nitrogen and oxygen atoms in total. The van der Waals surface area contributed by atoms with Gasteiger partial charge in [0.05, 0.1) is 7.11 Å². The summed E-state index contributed by atoms with van der Waals surface area (Å²) in [5, 5.41) is 0. The zero-order chi connectivity index (χ0) is 13.7. The van der Waals surface area contributed by atoms with Crippen molar-refractivity contribution in [2.75, 3.05) is 7.11 Å². The maximum Gasteiger partial charge on any atom is 0.185 e. The molecule has 95 valence electrons. The van der Waals surface area contributed by atoms with Crippen LogP contribution >= 0.6 is 0 Å². The lowest BCUT2D eigenvalue weighted by atomic mass is 10.1. The summed E-state index contributed by atoms with van der Waals surface area (Å²) in [7, 11) is 1.65. The van der Waals surface area contributed by atoms with Crippen molar-refractivity contribution in [2.45, 2.75) is 6.92 Å². The quantitative estimate of drug-likeness (QED) is 0.611. The third kappa shape index (κ3) is 3.32. The monoisotopic (exact) mass is 251 g/mol. The van der Waals surface area contributed by atoms with Crippen LogP contribution in [-0.4, -0.2) is 12.9 Å². The second-order valence-electron chi connectivity index (χ2n) is 4.22. The Morgan fingerprint density at radius 2 is 1.95 bits per heavy atom. The molecule has 2 aromatic rings. The van der Waals surface area contributed by atoms with Crippen LogP contribution in [0.25, 0.3) is 6.08 Å². The van der Waals surface area contributed by atoms with Crippen molar-refractivity contribution in [1.29, 1.82) is 0 Å². The standard InChI is InChI=1S/C17H15O2/c1-13-12-14(9-11-17(13)19-2)8-10-16(18)15-6-4-3-5-7-15/h4-12H,1-2H3. The largest absolute Gasteiger partial charge is 0.496 e. The van der Waals surface area contributed by atoms with E-state index in [2.05, 4.69) is 6.07 Å². The number of ether oxygens (including phenoxy) is 1. The molecule has 1 radical (unpaired) electrons. The Balaban J connectivity index is 2.15. The van der Waals surface area contributed by atoms with Gasteiger partial charge in [-0.15, -0.1) is 0 Å². The predicted octanol–water partition coefficient (Wildman–Crippen LogP) is 3.70. The molecule has 2 aromatic carbocycles. The van der Waals surface area contributed by atoms with E-state index < -0.39 is 0 Å². The molecule has 19 heavy (non-hydrogen) atoms. The Morgan fingerprint density at radius 3 is 2.58 bits per heavy atom. The minimum Gasteiger partial charge on any atom is -0.496 e. The van der Waals surface area contributed by atoms with Crippen LogP contribution in [-0.2, 0) is 0 Å². The van der Waals surface area contributed by atoms with Crippen molar-refractivity contribution in [1.82, 2.24) is 0 Å². The van der Waals surface area contributed by atoms with Gasteiger partial charge in [-0.05, 0) is 42.3 Å². The highest BCUT2D eigenvalue weighted by Crippen LogP contribution is 2.19. The molecule has 0 aromatic heterocycles. The molecule has 0 heterocycles. The number of ketones is 1. The van der Waals surface area contributed by atoms with Gasteiger partial charge in [-0.3, -0.25) is 4.79 Å². The van der Waals surface area contributed by atoms with Crippen LogP contribution in [0.15, 0.2) is 48.5 Å². The average Bonchev–Trinajstić information content (AvgIpc) is 2.46. The molecule has 0 fully saturated rings. The Labute approximate surface area is 113 Å². The topological polar surface area (TPSA) is 26.3 Å². The lowest BCUT2D eigenvalue weighted by Gasteiger charge is -2.04. The van der Waals surface area contributed by atoms with Crippen LogP contribution in [0.1, 0.15) is 21.5 Å². The highest BCUT2D eigenvalue weighted by molar-refractivity contribution is 6.06. The van der Waals surface area contributed by atoms with Crippen molar-refractivity contribution in [3.8, 4) is 5.75 Å². The van der Waals surface area contributed by atoms with Crippen LogP contribution in [0.2, 0.25) is 0 Å². The van der Waals surface area contributed by atoms with E-state index in [4.69, 9.17) is 4.74 Å². The van der Waals surface area contributed by atoms with Crippen LogP contribution in [0.4, 0.5) is 0 Å². The van der Waals surface area contributed by atoms with E-state index >= 15 is 0 Å². The van der Waals surface area contributed by atoms with E-state index in [0.29, 0.717) is 5.56 Å². The molecule has 0 saturated carbocycles. The fraction of sp³-hybridized carbons (Fsp3) is 0.118. The van der Waals surface area contributed by atoms with E-state index in [1.165, 1.54) is 0 Å². The summed E-state index contributed by atoms with van der Waals surface area (Å²) in [5.41, 5.74) is 2.70. The fourth-order valence-corrected chi connectivity index (χ4v) is 1.82. The van der Waals surface area contributed by atoms with Crippen molar-refractivity contribution in [3.63, 3.8) is 0 Å². The van der Waals surface area contributed by atoms with Gasteiger partial charge in [0.2, 0.25) is 0 Å². The molecule has 0 aliphatic carbocycles. The number of methoxy groups -OCH3 is 1. The molecule has 0 aliphatic rings. The number of aryl methyl sites for hydroxylation is 1. The maximum atomic E-state index is 11.9. The maximum absolute atomic E-state index is 11.9. The molecule has 0 aliphatic heterocycles. The molecule has 0 amide bonds. The molecular formula is C17H15O2. The van der Waals surface area contributed by atoms with Gasteiger partial charge in [-0.25, -0.2) is 0 Å². The lowest BCUT2D eigenvalue weighted by molar-refractivity contribution is 0.104. The number of hydrogen-bond donors (Lipinski definition) is 0. The minimum atomic E-state index is -0.0116. The van der Waals surface area contributed by atoms with Crippen molar-refractivity contribution in [3.05, 3.63) is 71.3 Å². The van der Waals surface area contributed by atoms with Gasteiger partial charge in [0.25, 0.3) is 0 Å². The number of carbonyl (C=O) groups is 1. The molecule has 0 spiro atoms. The summed E-state index contributed by atoms with van der Waals surface area (Å²) in [6.45, 7) is 1.98. The second kappa shape index (κ2) is 6.01. The SMILES string of the molecule is COc1ccc(C=CC(=O)c2cc[c]cc2)cc1C. The molecule has 2 heteroatoms. The van der Waals surface area contributed by atoms with Gasteiger partial charge in [0.1, 0.15) is 5.75 Å². The zero-order valence-corrected chi connectivity index (χ0v) is 11.0. The summed E-state index contributed by atoms with van der Waals surface area (Å²) in [6, 6.07) is 15.7. The van der Waals surface area contributed by atoms with Crippen LogP contribution in [0.3, 0.4) is 0 Å². The van der Waals surface area contributed by atoms with Gasteiger partial charge >= 0.3 is 0 Å². The summed E-state index contributed by atoms with van der Waals surface area (Å²) in [4.78, 5) is 11.9. The normalized spacial score (nSPS) is 10.6. The number of rotatable bonds is 4. The Hall–Kier alpha value is -2.35. The summed E-state index contributed by atoms with van der Waals surface area (Å²) >= 11 is 0. The van der Waals surface area contributed by atoms with Crippen molar-refractivity contribution in [2.24, 2.45) is 0 Å². The van der Waals surface area contributed by atoms with Gasteiger partial charge in [0.15, 0.2) is 5.78 Å². The Kier molecular flexibility index (Phi) is 4.14. The highest BCUT2D eigenvalue weighted by Gasteiger charge is 2.01. The summed E-state index contributed by atoms with van der Waals surface area (Å²) in [5.74, 6) is 0.838. The first-order chi connectivity index (χ1) is 9.20. The smallest absolute Gasteiger partial charge is 0.185 e. The van der Waals surface area contributed by atoms with Gasteiger partial charge in [-0.2, -0.15) is 0 Å². The molecule has 0 unspecified atom stereocenters. The van der Waals surface area contributed by atoms with Crippen molar-refractivity contribution < 1.29 is 9.53 Å². The fourth-order valence-electron chi connectivity index (χ4n) is 1.82. The molecular weight excluding hydrogens is 236 g/mol. The van der Waals surface area contributed by atoms with E-state index in [9.17, 15) is 4.79 Å². The summed E-state index contributed by atoms with van der Waals surface area (Å²) < 4.78 is 5.20. The van der Waals surface area contributed by atoms with E-state index in [0.717, 1.165) is 16.9 Å². The minimum absolute atomic E-state index is 0.0116. The predicted molar refractivity (Wildman–Crippen MR) is 76.4 cm³/mol. The number of hydrogen-bond acceptors (Lipinski definition) is 2. The average molecular weight is 251 g/mol. The Bertz CT molecular complexity index is 598. The second-order valence-corrected chi connectivity index (χ2v) is 4.22. The third-order valence-corrected chi connectivity index (χ3v) is 2.85. The zero-order valence-electron chi connectivity index (χ0n) is 11.0. The molecule has 0 atom stereocenters. The van der Waals surface area contributed by atoms with Crippen LogP contribution in [0.5, 0.6) is 5.75 Å². The highest BCUT2D eigenvalue weighted by atomic mass is 16.5.